The van der Waals surface area contributed by atoms with Crippen molar-refractivity contribution in [3.8, 4) is 5.75 Å². The van der Waals surface area contributed by atoms with E-state index in [1.54, 1.807) is 24.3 Å². The van der Waals surface area contributed by atoms with Gasteiger partial charge < -0.3 is 9.84 Å². The number of ketones is 1. The second-order valence-corrected chi connectivity index (χ2v) is 4.81. The van der Waals surface area contributed by atoms with Gasteiger partial charge in [-0.1, -0.05) is 24.3 Å². The molecule has 0 saturated carbocycles. The molecular weight excluding hydrogens is 252 g/mol. The minimum Gasteiger partial charge on any atom is -0.485 e. The Morgan fingerprint density at radius 3 is 2.35 bits per heavy atom. The fraction of sp³-hybridized carbons (Fsp3) is 0.235. The van der Waals surface area contributed by atoms with Crippen LogP contribution in [0.4, 0.5) is 0 Å². The Morgan fingerprint density at radius 2 is 1.75 bits per heavy atom. The van der Waals surface area contributed by atoms with Crippen LogP contribution in [0.2, 0.25) is 0 Å². The highest BCUT2D eigenvalue weighted by atomic mass is 16.5. The van der Waals surface area contributed by atoms with Gasteiger partial charge in [-0.2, -0.15) is 0 Å². The standard InChI is InChI=1S/C17H18O3/c1-12-3-6-15(9-13(12)2)17(19)11-20-16-7-4-14(10-18)5-8-16/h3-9,18H,10-11H2,1-2H3. The van der Waals surface area contributed by atoms with Gasteiger partial charge >= 0.3 is 0 Å². The fourth-order valence-electron chi connectivity index (χ4n) is 1.84. The number of aryl methyl sites for hydroxylation is 2. The highest BCUT2D eigenvalue weighted by molar-refractivity contribution is 5.97. The molecule has 0 fully saturated rings. The maximum Gasteiger partial charge on any atom is 0.200 e. The first-order valence-corrected chi connectivity index (χ1v) is 6.53. The number of carbonyl (C=O) groups excluding carboxylic acids is 1. The molecule has 20 heavy (non-hydrogen) atoms. The molecule has 0 saturated heterocycles. The number of rotatable bonds is 5. The molecule has 0 radical (unpaired) electrons. The van der Waals surface area contributed by atoms with Crippen molar-refractivity contribution in [2.24, 2.45) is 0 Å². The molecule has 2 rings (SSSR count). The van der Waals surface area contributed by atoms with Gasteiger partial charge in [-0.3, -0.25) is 4.79 Å². The second-order valence-electron chi connectivity index (χ2n) is 4.81. The highest BCUT2D eigenvalue weighted by Gasteiger charge is 2.08. The molecule has 3 heteroatoms. The van der Waals surface area contributed by atoms with Gasteiger partial charge in [0.1, 0.15) is 5.75 Å². The van der Waals surface area contributed by atoms with Crippen molar-refractivity contribution in [2.45, 2.75) is 20.5 Å². The minimum absolute atomic E-state index is 0.00184. The molecule has 0 atom stereocenters. The Morgan fingerprint density at radius 1 is 1.05 bits per heavy atom. The summed E-state index contributed by atoms with van der Waals surface area (Å²) in [6, 6.07) is 12.7. The van der Waals surface area contributed by atoms with Gasteiger partial charge in [-0.05, 0) is 48.7 Å². The molecule has 0 unspecified atom stereocenters. The molecule has 0 aromatic heterocycles. The van der Waals surface area contributed by atoms with Crippen LogP contribution in [0.25, 0.3) is 0 Å². The van der Waals surface area contributed by atoms with Crippen molar-refractivity contribution in [1.82, 2.24) is 0 Å². The van der Waals surface area contributed by atoms with Crippen molar-refractivity contribution in [3.63, 3.8) is 0 Å². The van der Waals surface area contributed by atoms with Gasteiger partial charge in [0.25, 0.3) is 0 Å². The number of aliphatic hydroxyl groups is 1. The molecule has 0 bridgehead atoms. The maximum absolute atomic E-state index is 12.0. The van der Waals surface area contributed by atoms with Crippen LogP contribution in [0.1, 0.15) is 27.0 Å². The van der Waals surface area contributed by atoms with E-state index in [1.807, 2.05) is 32.0 Å². The van der Waals surface area contributed by atoms with Gasteiger partial charge in [0.15, 0.2) is 12.4 Å². The number of Topliss-reactive ketones (excluding diaryl/α,β-unsaturated/α-hetero) is 1. The number of aliphatic hydroxyl groups excluding tert-OH is 1. The summed E-state index contributed by atoms with van der Waals surface area (Å²) in [5, 5.41) is 8.95. The van der Waals surface area contributed by atoms with Crippen LogP contribution in [0.3, 0.4) is 0 Å². The van der Waals surface area contributed by atoms with Crippen LogP contribution in [-0.2, 0) is 6.61 Å². The molecule has 0 aliphatic rings. The number of hydrogen-bond acceptors (Lipinski definition) is 3. The van der Waals surface area contributed by atoms with Crippen LogP contribution >= 0.6 is 0 Å². The topological polar surface area (TPSA) is 46.5 Å². The number of carbonyl (C=O) groups is 1. The van der Waals surface area contributed by atoms with Crippen LogP contribution in [0.15, 0.2) is 42.5 Å². The molecule has 2 aromatic carbocycles. The summed E-state index contributed by atoms with van der Waals surface area (Å²) in [6.45, 7) is 4.02. The van der Waals surface area contributed by atoms with Gasteiger partial charge in [-0.15, -0.1) is 0 Å². The summed E-state index contributed by atoms with van der Waals surface area (Å²) >= 11 is 0. The molecule has 0 aliphatic heterocycles. The van der Waals surface area contributed by atoms with Gasteiger partial charge in [0.05, 0.1) is 6.61 Å². The second kappa shape index (κ2) is 6.35. The normalized spacial score (nSPS) is 10.3. The van der Waals surface area contributed by atoms with Crippen molar-refractivity contribution < 1.29 is 14.6 Å². The van der Waals surface area contributed by atoms with Crippen LogP contribution in [-0.4, -0.2) is 17.5 Å². The van der Waals surface area contributed by atoms with Crippen molar-refractivity contribution >= 4 is 5.78 Å². The Hall–Kier alpha value is -2.13. The minimum atomic E-state index is -0.0423. The van der Waals surface area contributed by atoms with E-state index in [4.69, 9.17) is 9.84 Å². The third-order valence-electron chi connectivity index (χ3n) is 3.30. The highest BCUT2D eigenvalue weighted by Crippen LogP contribution is 2.14. The quantitative estimate of drug-likeness (QED) is 0.849. The van der Waals surface area contributed by atoms with Crippen LogP contribution in [0.5, 0.6) is 5.75 Å². The lowest BCUT2D eigenvalue weighted by molar-refractivity contribution is 0.0921. The summed E-state index contributed by atoms with van der Waals surface area (Å²) in [7, 11) is 0. The molecule has 0 amide bonds. The Labute approximate surface area is 118 Å². The summed E-state index contributed by atoms with van der Waals surface area (Å²) in [5.74, 6) is 0.582. The predicted molar refractivity (Wildman–Crippen MR) is 78.1 cm³/mol. The average Bonchev–Trinajstić information content (AvgIpc) is 2.48. The number of ether oxygens (including phenoxy) is 1. The Kier molecular flexibility index (Phi) is 4.53. The summed E-state index contributed by atoms with van der Waals surface area (Å²) in [5.41, 5.74) is 3.75. The lowest BCUT2D eigenvalue weighted by Gasteiger charge is -2.07. The van der Waals surface area contributed by atoms with E-state index in [1.165, 1.54) is 5.56 Å². The molecule has 0 spiro atoms. The Bertz CT molecular complexity index is 600. The Balaban J connectivity index is 1.98. The van der Waals surface area contributed by atoms with E-state index in [2.05, 4.69) is 0 Å². The zero-order valence-electron chi connectivity index (χ0n) is 11.7. The molecular formula is C17H18O3. The number of hydrogen-bond donors (Lipinski definition) is 1. The third-order valence-corrected chi connectivity index (χ3v) is 3.30. The average molecular weight is 270 g/mol. The lowest BCUT2D eigenvalue weighted by atomic mass is 10.0. The third kappa shape index (κ3) is 3.45. The maximum atomic E-state index is 12.0. The first-order chi connectivity index (χ1) is 9.60. The summed E-state index contributed by atoms with van der Waals surface area (Å²) in [6.07, 6.45) is 0. The van der Waals surface area contributed by atoms with Crippen LogP contribution in [0, 0.1) is 13.8 Å². The molecule has 104 valence electrons. The zero-order chi connectivity index (χ0) is 14.5. The predicted octanol–water partition coefficient (Wildman–Crippen LogP) is 3.06. The van der Waals surface area contributed by atoms with E-state index in [0.717, 1.165) is 11.1 Å². The van der Waals surface area contributed by atoms with E-state index >= 15 is 0 Å². The fourth-order valence-corrected chi connectivity index (χ4v) is 1.84. The van der Waals surface area contributed by atoms with E-state index in [-0.39, 0.29) is 19.0 Å². The molecule has 2 aromatic rings. The molecule has 0 heterocycles. The van der Waals surface area contributed by atoms with E-state index < -0.39 is 0 Å². The molecule has 1 N–H and O–H groups in total. The largest absolute Gasteiger partial charge is 0.485 e. The van der Waals surface area contributed by atoms with Crippen molar-refractivity contribution in [3.05, 3.63) is 64.7 Å². The van der Waals surface area contributed by atoms with Crippen molar-refractivity contribution in [1.29, 1.82) is 0 Å². The van der Waals surface area contributed by atoms with Gasteiger partial charge in [0, 0.05) is 5.56 Å². The number of benzene rings is 2. The summed E-state index contributed by atoms with van der Waals surface area (Å²) < 4.78 is 5.46. The van der Waals surface area contributed by atoms with E-state index in [0.29, 0.717) is 11.3 Å². The zero-order valence-corrected chi connectivity index (χ0v) is 11.7. The van der Waals surface area contributed by atoms with Crippen LogP contribution < -0.4 is 4.74 Å². The van der Waals surface area contributed by atoms with Crippen molar-refractivity contribution in [2.75, 3.05) is 6.61 Å². The van der Waals surface area contributed by atoms with Gasteiger partial charge in [-0.25, -0.2) is 0 Å². The van der Waals surface area contributed by atoms with E-state index in [9.17, 15) is 4.79 Å². The molecule has 3 nitrogen and oxygen atoms in total. The smallest absolute Gasteiger partial charge is 0.200 e. The van der Waals surface area contributed by atoms with Gasteiger partial charge in [0.2, 0.25) is 0 Å². The first-order valence-electron chi connectivity index (χ1n) is 6.53. The molecule has 0 aliphatic carbocycles. The summed E-state index contributed by atoms with van der Waals surface area (Å²) in [4.78, 5) is 12.0. The lowest BCUT2D eigenvalue weighted by Crippen LogP contribution is -2.11. The first kappa shape index (κ1) is 14.3. The monoisotopic (exact) mass is 270 g/mol. The SMILES string of the molecule is Cc1ccc(C(=O)COc2ccc(CO)cc2)cc1C.